The Labute approximate surface area is 161 Å². The number of halogens is 1. The zero-order chi connectivity index (χ0) is 19.0. The molecule has 27 heavy (non-hydrogen) atoms. The normalized spacial score (nSPS) is 10.9. The van der Waals surface area contributed by atoms with Crippen LogP contribution in [-0.4, -0.2) is 20.7 Å². The first kappa shape index (κ1) is 17.2. The molecule has 4 rings (SSSR count). The van der Waals surface area contributed by atoms with Gasteiger partial charge in [-0.3, -0.25) is 9.48 Å². The number of hydrogen-bond acceptors (Lipinski definition) is 3. The Morgan fingerprint density at radius 3 is 2.74 bits per heavy atom. The minimum Gasteiger partial charge on any atom is -0.322 e. The summed E-state index contributed by atoms with van der Waals surface area (Å²) in [4.78, 5) is 17.8. The number of aryl methyl sites for hydroxylation is 2. The highest BCUT2D eigenvalue weighted by molar-refractivity contribution is 6.31. The first-order valence-corrected chi connectivity index (χ1v) is 8.85. The molecule has 0 radical (unpaired) electrons. The van der Waals surface area contributed by atoms with Crippen molar-refractivity contribution >= 4 is 34.1 Å². The average molecular weight is 377 g/mol. The van der Waals surface area contributed by atoms with Crippen molar-refractivity contribution in [3.8, 4) is 11.3 Å². The summed E-state index contributed by atoms with van der Waals surface area (Å²) in [5.41, 5.74) is 4.51. The molecule has 0 atom stereocenters. The van der Waals surface area contributed by atoms with Crippen molar-refractivity contribution in [3.05, 3.63) is 77.1 Å². The van der Waals surface area contributed by atoms with Crippen molar-refractivity contribution in [2.24, 2.45) is 7.05 Å². The summed E-state index contributed by atoms with van der Waals surface area (Å²) in [5.74, 6) is -0.205. The first-order chi connectivity index (χ1) is 13.0. The largest absolute Gasteiger partial charge is 0.322 e. The van der Waals surface area contributed by atoms with Gasteiger partial charge in [-0.1, -0.05) is 35.9 Å². The number of benzene rings is 2. The molecule has 0 fully saturated rings. The molecular formula is C21H17ClN4O. The molecule has 1 amide bonds. The van der Waals surface area contributed by atoms with E-state index in [1.165, 1.54) is 0 Å². The van der Waals surface area contributed by atoms with Crippen molar-refractivity contribution in [2.45, 2.75) is 6.92 Å². The Morgan fingerprint density at radius 2 is 1.96 bits per heavy atom. The van der Waals surface area contributed by atoms with Gasteiger partial charge in [0.2, 0.25) is 0 Å². The second kappa shape index (κ2) is 6.85. The fourth-order valence-electron chi connectivity index (χ4n) is 2.98. The maximum Gasteiger partial charge on any atom is 0.256 e. The van der Waals surface area contributed by atoms with Crippen molar-refractivity contribution < 1.29 is 4.79 Å². The Bertz CT molecular complexity index is 1170. The lowest BCUT2D eigenvalue weighted by Gasteiger charge is -2.12. The van der Waals surface area contributed by atoms with Gasteiger partial charge in [0.25, 0.3) is 5.91 Å². The molecule has 0 saturated carbocycles. The molecule has 1 N–H and O–H groups in total. The van der Waals surface area contributed by atoms with Crippen LogP contribution in [0.2, 0.25) is 5.02 Å². The fourth-order valence-corrected chi connectivity index (χ4v) is 3.16. The number of nitrogens with one attached hydrogen (secondary N) is 1. The van der Waals surface area contributed by atoms with Crippen LogP contribution in [0.4, 0.5) is 5.69 Å². The van der Waals surface area contributed by atoms with Gasteiger partial charge in [-0.25, -0.2) is 4.98 Å². The zero-order valence-electron chi connectivity index (χ0n) is 14.9. The number of amides is 1. The lowest BCUT2D eigenvalue weighted by Crippen LogP contribution is -2.14. The van der Waals surface area contributed by atoms with Gasteiger partial charge < -0.3 is 5.32 Å². The fraction of sp³-hybridized carbons (Fsp3) is 0.0952. The van der Waals surface area contributed by atoms with E-state index in [4.69, 9.17) is 11.6 Å². The summed E-state index contributed by atoms with van der Waals surface area (Å²) in [6, 6.07) is 14.8. The van der Waals surface area contributed by atoms with Crippen LogP contribution in [0.15, 0.2) is 60.9 Å². The van der Waals surface area contributed by atoms with E-state index in [0.717, 1.165) is 22.0 Å². The van der Waals surface area contributed by atoms with Crippen molar-refractivity contribution in [3.63, 3.8) is 0 Å². The number of aromatic nitrogens is 3. The molecule has 0 bridgehead atoms. The quantitative estimate of drug-likeness (QED) is 0.556. The van der Waals surface area contributed by atoms with Crippen molar-refractivity contribution in [1.29, 1.82) is 0 Å². The Morgan fingerprint density at radius 1 is 1.15 bits per heavy atom. The summed E-state index contributed by atoms with van der Waals surface area (Å²) in [5, 5.41) is 8.54. The monoisotopic (exact) mass is 376 g/mol. The highest BCUT2D eigenvalue weighted by Crippen LogP contribution is 2.26. The minimum atomic E-state index is -0.205. The average Bonchev–Trinajstić information content (AvgIpc) is 3.10. The second-order valence-corrected chi connectivity index (χ2v) is 6.82. The zero-order valence-corrected chi connectivity index (χ0v) is 15.7. The van der Waals surface area contributed by atoms with Crippen LogP contribution in [0.5, 0.6) is 0 Å². The molecule has 0 aliphatic rings. The SMILES string of the molecule is Cc1ccc(Cl)cc1NC(=O)c1cc(-c2cnn(C)c2)nc2ccccc12. The van der Waals surface area contributed by atoms with Gasteiger partial charge >= 0.3 is 0 Å². The minimum absolute atomic E-state index is 0.205. The van der Waals surface area contributed by atoms with E-state index in [1.54, 1.807) is 29.1 Å². The predicted octanol–water partition coefficient (Wildman–Crippen LogP) is 4.85. The maximum absolute atomic E-state index is 13.1. The van der Waals surface area contributed by atoms with E-state index in [1.807, 2.05) is 50.5 Å². The number of pyridine rings is 1. The molecule has 0 saturated heterocycles. The smallest absolute Gasteiger partial charge is 0.256 e. The lowest BCUT2D eigenvalue weighted by atomic mass is 10.0. The van der Waals surface area contributed by atoms with Gasteiger partial charge in [-0.2, -0.15) is 5.10 Å². The van der Waals surface area contributed by atoms with E-state index in [-0.39, 0.29) is 5.91 Å². The third-order valence-corrected chi connectivity index (χ3v) is 4.64. The standard InChI is InChI=1S/C21H17ClN4O/c1-13-7-8-15(22)9-19(13)25-21(27)17-10-20(14-11-23-26(2)12-14)24-18-6-4-3-5-16(17)18/h3-12H,1-2H3,(H,25,27). The summed E-state index contributed by atoms with van der Waals surface area (Å²) in [6.45, 7) is 1.93. The molecule has 2 heterocycles. The Hall–Kier alpha value is -3.18. The Balaban J connectivity index is 1.82. The molecule has 134 valence electrons. The van der Waals surface area contributed by atoms with Crippen LogP contribution in [0.3, 0.4) is 0 Å². The van der Waals surface area contributed by atoms with E-state index in [0.29, 0.717) is 22.0 Å². The van der Waals surface area contributed by atoms with Crippen molar-refractivity contribution in [1.82, 2.24) is 14.8 Å². The number of anilines is 1. The third kappa shape index (κ3) is 3.41. The first-order valence-electron chi connectivity index (χ1n) is 8.47. The summed E-state index contributed by atoms with van der Waals surface area (Å²) < 4.78 is 1.71. The number of fused-ring (bicyclic) bond motifs is 1. The Kier molecular flexibility index (Phi) is 4.38. The highest BCUT2D eigenvalue weighted by atomic mass is 35.5. The van der Waals surface area contributed by atoms with Crippen LogP contribution >= 0.6 is 11.6 Å². The third-order valence-electron chi connectivity index (χ3n) is 4.41. The molecule has 0 aliphatic carbocycles. The van der Waals surface area contributed by atoms with Crippen molar-refractivity contribution in [2.75, 3.05) is 5.32 Å². The van der Waals surface area contributed by atoms with Gasteiger partial charge in [0.05, 0.1) is 23.0 Å². The lowest BCUT2D eigenvalue weighted by molar-refractivity contribution is 0.102. The molecule has 2 aromatic heterocycles. The number of carbonyl (C=O) groups excluding carboxylic acids is 1. The van der Waals surface area contributed by atoms with E-state index in [9.17, 15) is 4.79 Å². The molecule has 0 spiro atoms. The molecule has 2 aromatic carbocycles. The summed E-state index contributed by atoms with van der Waals surface area (Å²) in [6.07, 6.45) is 3.61. The molecule has 0 aliphatic heterocycles. The maximum atomic E-state index is 13.1. The van der Waals surface area contributed by atoms with Gasteiger partial charge in [-0.05, 0) is 36.8 Å². The number of rotatable bonds is 3. The molecule has 4 aromatic rings. The van der Waals surface area contributed by atoms with E-state index in [2.05, 4.69) is 15.4 Å². The molecule has 0 unspecified atom stereocenters. The second-order valence-electron chi connectivity index (χ2n) is 6.39. The predicted molar refractivity (Wildman–Crippen MR) is 108 cm³/mol. The van der Waals surface area contributed by atoms with Gasteiger partial charge in [0.1, 0.15) is 0 Å². The number of carbonyl (C=O) groups is 1. The molecule has 5 nitrogen and oxygen atoms in total. The van der Waals surface area contributed by atoms with Gasteiger partial charge in [-0.15, -0.1) is 0 Å². The number of para-hydroxylation sites is 1. The van der Waals surface area contributed by atoms with Crippen LogP contribution < -0.4 is 5.32 Å². The number of nitrogens with zero attached hydrogens (tertiary/aromatic N) is 3. The number of hydrogen-bond donors (Lipinski definition) is 1. The van der Waals surface area contributed by atoms with Gasteiger partial charge in [0.15, 0.2) is 0 Å². The van der Waals surface area contributed by atoms with Crippen LogP contribution in [-0.2, 0) is 7.05 Å². The summed E-state index contributed by atoms with van der Waals surface area (Å²) >= 11 is 6.08. The van der Waals surface area contributed by atoms with Gasteiger partial charge in [0, 0.05) is 34.9 Å². The van der Waals surface area contributed by atoms with Crippen LogP contribution in [0.25, 0.3) is 22.2 Å². The molecule has 6 heteroatoms. The van der Waals surface area contributed by atoms with E-state index < -0.39 is 0 Å². The topological polar surface area (TPSA) is 59.8 Å². The van der Waals surface area contributed by atoms with Crippen LogP contribution in [0.1, 0.15) is 15.9 Å². The van der Waals surface area contributed by atoms with E-state index >= 15 is 0 Å². The molecular weight excluding hydrogens is 360 g/mol. The van der Waals surface area contributed by atoms with Crippen LogP contribution in [0, 0.1) is 6.92 Å². The summed E-state index contributed by atoms with van der Waals surface area (Å²) in [7, 11) is 1.85. The highest BCUT2D eigenvalue weighted by Gasteiger charge is 2.15.